The Kier molecular flexibility index (Phi) is 6.60. The molecule has 1 aromatic carbocycles. The molecule has 0 spiro atoms. The first-order chi connectivity index (χ1) is 11.5. The van der Waals surface area contributed by atoms with Crippen molar-refractivity contribution in [2.24, 2.45) is 5.92 Å². The van der Waals surface area contributed by atoms with Crippen LogP contribution in [0.3, 0.4) is 0 Å². The summed E-state index contributed by atoms with van der Waals surface area (Å²) < 4.78 is 13.9. The fourth-order valence-corrected chi connectivity index (χ4v) is 3.31. The van der Waals surface area contributed by atoms with E-state index in [9.17, 15) is 14.0 Å². The lowest BCUT2D eigenvalue weighted by Gasteiger charge is -2.33. The molecule has 1 fully saturated rings. The van der Waals surface area contributed by atoms with Gasteiger partial charge in [-0.05, 0) is 37.8 Å². The molecule has 0 bridgehead atoms. The second kappa shape index (κ2) is 8.47. The number of rotatable bonds is 5. The summed E-state index contributed by atoms with van der Waals surface area (Å²) in [5.41, 5.74) is -0.0707. The van der Waals surface area contributed by atoms with E-state index in [4.69, 9.17) is 11.6 Å². The van der Waals surface area contributed by atoms with E-state index in [-0.39, 0.29) is 34.4 Å². The SMILES string of the molecule is CCC(CC)C(=O)NC1CCN(C(=O)c2c(F)cccc2Cl)CC1. The molecule has 0 aliphatic carbocycles. The third-order valence-corrected chi connectivity index (χ3v) is 4.98. The molecule has 0 saturated carbocycles. The van der Waals surface area contributed by atoms with Crippen LogP contribution in [-0.4, -0.2) is 35.8 Å². The van der Waals surface area contributed by atoms with Crippen molar-refractivity contribution in [2.75, 3.05) is 13.1 Å². The predicted octanol–water partition coefficient (Wildman–Crippen LogP) is 3.64. The molecule has 2 amide bonds. The summed E-state index contributed by atoms with van der Waals surface area (Å²) in [5.74, 6) is -0.858. The molecular weight excluding hydrogens is 331 g/mol. The Hall–Kier alpha value is -1.62. The molecule has 1 saturated heterocycles. The second-order valence-electron chi connectivity index (χ2n) is 6.19. The van der Waals surface area contributed by atoms with Gasteiger partial charge >= 0.3 is 0 Å². The predicted molar refractivity (Wildman–Crippen MR) is 92.6 cm³/mol. The van der Waals surface area contributed by atoms with E-state index in [0.717, 1.165) is 12.8 Å². The van der Waals surface area contributed by atoms with Gasteiger partial charge in [-0.3, -0.25) is 9.59 Å². The maximum absolute atomic E-state index is 13.9. The van der Waals surface area contributed by atoms with Crippen LogP contribution in [0.25, 0.3) is 0 Å². The van der Waals surface area contributed by atoms with Crippen LogP contribution < -0.4 is 5.32 Å². The largest absolute Gasteiger partial charge is 0.353 e. The minimum Gasteiger partial charge on any atom is -0.353 e. The summed E-state index contributed by atoms with van der Waals surface area (Å²) in [6.45, 7) is 4.98. The van der Waals surface area contributed by atoms with Crippen molar-refractivity contribution in [2.45, 2.75) is 45.6 Å². The molecule has 4 nitrogen and oxygen atoms in total. The maximum Gasteiger partial charge on any atom is 0.258 e. The lowest BCUT2D eigenvalue weighted by Crippen LogP contribution is -2.48. The number of amides is 2. The molecule has 132 valence electrons. The van der Waals surface area contributed by atoms with Crippen LogP contribution in [0.4, 0.5) is 4.39 Å². The Balaban J connectivity index is 1.93. The van der Waals surface area contributed by atoms with E-state index in [1.807, 2.05) is 13.8 Å². The lowest BCUT2D eigenvalue weighted by atomic mass is 9.99. The highest BCUT2D eigenvalue weighted by molar-refractivity contribution is 6.33. The number of likely N-dealkylation sites (tertiary alicyclic amines) is 1. The Morgan fingerprint density at radius 2 is 1.92 bits per heavy atom. The van der Waals surface area contributed by atoms with Gasteiger partial charge in [0.15, 0.2) is 0 Å². The molecule has 6 heteroatoms. The summed E-state index contributed by atoms with van der Waals surface area (Å²) in [6, 6.07) is 4.30. The summed E-state index contributed by atoms with van der Waals surface area (Å²) in [7, 11) is 0. The number of carbonyl (C=O) groups excluding carboxylic acids is 2. The number of piperidine rings is 1. The summed E-state index contributed by atoms with van der Waals surface area (Å²) in [4.78, 5) is 26.2. The quantitative estimate of drug-likeness (QED) is 0.877. The van der Waals surface area contributed by atoms with Gasteiger partial charge in [-0.2, -0.15) is 0 Å². The van der Waals surface area contributed by atoms with Gasteiger partial charge in [0, 0.05) is 25.0 Å². The number of benzene rings is 1. The van der Waals surface area contributed by atoms with Gasteiger partial charge in [0.1, 0.15) is 5.82 Å². The van der Waals surface area contributed by atoms with E-state index in [2.05, 4.69) is 5.32 Å². The molecule has 2 rings (SSSR count). The fraction of sp³-hybridized carbons (Fsp3) is 0.556. The van der Waals surface area contributed by atoms with Crippen LogP contribution in [0.15, 0.2) is 18.2 Å². The number of carbonyl (C=O) groups is 2. The zero-order chi connectivity index (χ0) is 17.7. The standard InChI is InChI=1S/C18H24ClFN2O2/c1-3-12(4-2)17(23)21-13-8-10-22(11-9-13)18(24)16-14(19)6-5-7-15(16)20/h5-7,12-13H,3-4,8-11H2,1-2H3,(H,21,23). The van der Waals surface area contributed by atoms with Gasteiger partial charge in [0.25, 0.3) is 5.91 Å². The van der Waals surface area contributed by atoms with E-state index in [0.29, 0.717) is 25.9 Å². The number of halogens is 2. The van der Waals surface area contributed by atoms with E-state index < -0.39 is 5.82 Å². The third-order valence-electron chi connectivity index (χ3n) is 4.66. The number of nitrogens with zero attached hydrogens (tertiary/aromatic N) is 1. The molecule has 1 heterocycles. The first kappa shape index (κ1) is 18.7. The molecule has 0 unspecified atom stereocenters. The first-order valence-corrected chi connectivity index (χ1v) is 8.89. The number of nitrogens with one attached hydrogen (secondary N) is 1. The van der Waals surface area contributed by atoms with Crippen molar-refractivity contribution in [1.29, 1.82) is 0 Å². The van der Waals surface area contributed by atoms with Crippen LogP contribution in [0.5, 0.6) is 0 Å². The lowest BCUT2D eigenvalue weighted by molar-refractivity contribution is -0.126. The molecule has 1 aliphatic heterocycles. The zero-order valence-corrected chi connectivity index (χ0v) is 14.9. The van der Waals surface area contributed by atoms with Gasteiger partial charge in [-0.25, -0.2) is 4.39 Å². The Bertz CT molecular complexity index is 576. The number of hydrogen-bond acceptors (Lipinski definition) is 2. The van der Waals surface area contributed by atoms with Crippen LogP contribution in [-0.2, 0) is 4.79 Å². The summed E-state index contributed by atoms with van der Waals surface area (Å²) in [5, 5.41) is 3.19. The van der Waals surface area contributed by atoms with Crippen LogP contribution in [0.2, 0.25) is 5.02 Å². The van der Waals surface area contributed by atoms with Crippen LogP contribution in [0.1, 0.15) is 49.9 Å². The average Bonchev–Trinajstić information content (AvgIpc) is 2.56. The van der Waals surface area contributed by atoms with Crippen molar-refractivity contribution < 1.29 is 14.0 Å². The van der Waals surface area contributed by atoms with Crippen molar-refractivity contribution >= 4 is 23.4 Å². The fourth-order valence-electron chi connectivity index (χ4n) is 3.07. The zero-order valence-electron chi connectivity index (χ0n) is 14.1. The van der Waals surface area contributed by atoms with Gasteiger partial charge < -0.3 is 10.2 Å². The monoisotopic (exact) mass is 354 g/mol. The molecule has 0 aromatic heterocycles. The molecule has 0 radical (unpaired) electrons. The van der Waals surface area contributed by atoms with Gasteiger partial charge in [-0.15, -0.1) is 0 Å². The molecule has 24 heavy (non-hydrogen) atoms. The minimum atomic E-state index is -0.600. The highest BCUT2D eigenvalue weighted by Gasteiger charge is 2.28. The Morgan fingerprint density at radius 3 is 2.46 bits per heavy atom. The second-order valence-corrected chi connectivity index (χ2v) is 6.59. The third kappa shape index (κ3) is 4.26. The van der Waals surface area contributed by atoms with Crippen molar-refractivity contribution in [3.63, 3.8) is 0 Å². The maximum atomic E-state index is 13.9. The highest BCUT2D eigenvalue weighted by Crippen LogP contribution is 2.23. The van der Waals surface area contributed by atoms with Crippen LogP contribution >= 0.6 is 11.6 Å². The van der Waals surface area contributed by atoms with Crippen molar-refractivity contribution in [3.05, 3.63) is 34.6 Å². The molecule has 1 N–H and O–H groups in total. The molecule has 1 aliphatic rings. The van der Waals surface area contributed by atoms with Gasteiger partial charge in [-0.1, -0.05) is 31.5 Å². The average molecular weight is 355 g/mol. The highest BCUT2D eigenvalue weighted by atomic mass is 35.5. The number of hydrogen-bond donors (Lipinski definition) is 1. The summed E-state index contributed by atoms with van der Waals surface area (Å²) in [6.07, 6.45) is 2.99. The van der Waals surface area contributed by atoms with Crippen molar-refractivity contribution in [1.82, 2.24) is 10.2 Å². The van der Waals surface area contributed by atoms with Gasteiger partial charge in [0.05, 0.1) is 10.6 Å². The molecule has 1 aromatic rings. The Labute approximate surface area is 147 Å². The summed E-state index contributed by atoms with van der Waals surface area (Å²) >= 11 is 5.96. The first-order valence-electron chi connectivity index (χ1n) is 8.51. The molecule has 0 atom stereocenters. The van der Waals surface area contributed by atoms with Crippen molar-refractivity contribution in [3.8, 4) is 0 Å². The van der Waals surface area contributed by atoms with E-state index >= 15 is 0 Å². The Morgan fingerprint density at radius 1 is 1.29 bits per heavy atom. The minimum absolute atomic E-state index is 0.0434. The normalized spacial score (nSPS) is 15.6. The van der Waals surface area contributed by atoms with E-state index in [1.165, 1.54) is 18.2 Å². The molecular formula is C18H24ClFN2O2. The van der Waals surface area contributed by atoms with E-state index in [1.54, 1.807) is 4.90 Å². The topological polar surface area (TPSA) is 49.4 Å². The van der Waals surface area contributed by atoms with Crippen LogP contribution in [0, 0.1) is 11.7 Å². The smallest absolute Gasteiger partial charge is 0.258 e. The van der Waals surface area contributed by atoms with Gasteiger partial charge in [0.2, 0.25) is 5.91 Å².